The van der Waals surface area contributed by atoms with E-state index in [0.29, 0.717) is 16.8 Å². The zero-order valence-corrected chi connectivity index (χ0v) is 11.7. The lowest BCUT2D eigenvalue weighted by Gasteiger charge is -2.15. The number of nitrogens with zero attached hydrogens (tertiary/aromatic N) is 1. The third kappa shape index (κ3) is 1.98. The van der Waals surface area contributed by atoms with Crippen LogP contribution in [0.1, 0.15) is 19.4 Å². The van der Waals surface area contributed by atoms with Crippen molar-refractivity contribution in [3.05, 3.63) is 58.1 Å². The van der Waals surface area contributed by atoms with Gasteiger partial charge in [0.2, 0.25) is 5.91 Å². The standard InChI is InChI=1S/C16H14N2O3/c1-16(2)13-9-11(18(20)21)8-12(14(13)17-15(16)19)10-6-4-3-5-7-10/h3-9H,1-2H3,(H,17,19). The van der Waals surface area contributed by atoms with E-state index in [1.54, 1.807) is 13.8 Å². The van der Waals surface area contributed by atoms with Gasteiger partial charge in [-0.05, 0) is 25.0 Å². The lowest BCUT2D eigenvalue weighted by atomic mass is 9.84. The highest BCUT2D eigenvalue weighted by Crippen LogP contribution is 2.45. The number of fused-ring (bicyclic) bond motifs is 1. The Morgan fingerprint density at radius 2 is 1.81 bits per heavy atom. The number of non-ortho nitro benzene ring substituents is 1. The molecule has 3 rings (SSSR count). The Kier molecular flexibility index (Phi) is 2.79. The van der Waals surface area contributed by atoms with Crippen molar-refractivity contribution in [3.8, 4) is 11.1 Å². The van der Waals surface area contributed by atoms with Crippen molar-refractivity contribution in [2.45, 2.75) is 19.3 Å². The highest BCUT2D eigenvalue weighted by atomic mass is 16.6. The zero-order valence-electron chi connectivity index (χ0n) is 11.7. The third-order valence-corrected chi connectivity index (χ3v) is 3.90. The van der Waals surface area contributed by atoms with E-state index in [-0.39, 0.29) is 11.6 Å². The first-order valence-electron chi connectivity index (χ1n) is 6.61. The van der Waals surface area contributed by atoms with Crippen molar-refractivity contribution < 1.29 is 9.72 Å². The van der Waals surface area contributed by atoms with Gasteiger partial charge in [-0.3, -0.25) is 14.9 Å². The molecule has 0 spiro atoms. The smallest absolute Gasteiger partial charge is 0.270 e. The Morgan fingerprint density at radius 1 is 1.14 bits per heavy atom. The lowest BCUT2D eigenvalue weighted by molar-refractivity contribution is -0.384. The monoisotopic (exact) mass is 282 g/mol. The lowest BCUT2D eigenvalue weighted by Crippen LogP contribution is -2.26. The first-order valence-corrected chi connectivity index (χ1v) is 6.61. The summed E-state index contributed by atoms with van der Waals surface area (Å²) in [5.74, 6) is -0.143. The number of nitro groups is 1. The fraction of sp³-hybridized carbons (Fsp3) is 0.188. The van der Waals surface area contributed by atoms with Gasteiger partial charge in [0.15, 0.2) is 0 Å². The number of benzene rings is 2. The summed E-state index contributed by atoms with van der Waals surface area (Å²) in [4.78, 5) is 22.9. The number of hydrogen-bond acceptors (Lipinski definition) is 3. The number of carbonyl (C=O) groups excluding carboxylic acids is 1. The number of nitro benzene ring substituents is 1. The Balaban J connectivity index is 2.32. The highest BCUT2D eigenvalue weighted by Gasteiger charge is 2.41. The second-order valence-electron chi connectivity index (χ2n) is 5.62. The number of hydrogen-bond donors (Lipinski definition) is 1. The van der Waals surface area contributed by atoms with Crippen molar-refractivity contribution in [1.82, 2.24) is 0 Å². The molecule has 0 saturated heterocycles. The molecule has 5 nitrogen and oxygen atoms in total. The van der Waals surface area contributed by atoms with Gasteiger partial charge < -0.3 is 5.32 Å². The predicted octanol–water partition coefficient (Wildman–Crippen LogP) is 3.49. The maximum absolute atomic E-state index is 12.1. The van der Waals surface area contributed by atoms with Crippen molar-refractivity contribution >= 4 is 17.3 Å². The third-order valence-electron chi connectivity index (χ3n) is 3.90. The Hall–Kier alpha value is -2.69. The SMILES string of the molecule is CC1(C)C(=O)Nc2c(-c3ccccc3)cc([N+](=O)[O-])cc21. The van der Waals surface area contributed by atoms with E-state index in [2.05, 4.69) is 5.32 Å². The number of anilines is 1. The molecule has 1 heterocycles. The fourth-order valence-corrected chi connectivity index (χ4v) is 2.60. The van der Waals surface area contributed by atoms with Crippen molar-refractivity contribution in [3.63, 3.8) is 0 Å². The van der Waals surface area contributed by atoms with Crippen LogP contribution in [0.25, 0.3) is 11.1 Å². The summed E-state index contributed by atoms with van der Waals surface area (Å²) < 4.78 is 0. The molecule has 2 aromatic rings. The topological polar surface area (TPSA) is 72.2 Å². The van der Waals surface area contributed by atoms with Crippen molar-refractivity contribution in [1.29, 1.82) is 0 Å². The molecule has 21 heavy (non-hydrogen) atoms. The van der Waals surface area contributed by atoms with Crippen LogP contribution >= 0.6 is 0 Å². The Morgan fingerprint density at radius 3 is 2.43 bits per heavy atom. The first kappa shape index (κ1) is 13.3. The van der Waals surface area contributed by atoms with Crippen LogP contribution in [0.2, 0.25) is 0 Å². The molecule has 0 radical (unpaired) electrons. The quantitative estimate of drug-likeness (QED) is 0.677. The van der Waals surface area contributed by atoms with E-state index in [1.165, 1.54) is 12.1 Å². The highest BCUT2D eigenvalue weighted by molar-refractivity contribution is 6.09. The van der Waals surface area contributed by atoms with Crippen LogP contribution in [0, 0.1) is 10.1 Å². The molecule has 0 aromatic heterocycles. The second kappa shape index (κ2) is 4.41. The van der Waals surface area contributed by atoms with Crippen LogP contribution in [-0.4, -0.2) is 10.8 Å². The molecule has 1 N–H and O–H groups in total. The molecule has 2 aromatic carbocycles. The van der Waals surface area contributed by atoms with Gasteiger partial charge in [-0.25, -0.2) is 0 Å². The minimum absolute atomic E-state index is 0.00261. The molecule has 0 unspecified atom stereocenters. The molecule has 106 valence electrons. The van der Waals surface area contributed by atoms with Gasteiger partial charge in [-0.1, -0.05) is 30.3 Å². The molecule has 0 aliphatic carbocycles. The van der Waals surface area contributed by atoms with Crippen LogP contribution in [0.5, 0.6) is 0 Å². The van der Waals surface area contributed by atoms with E-state index in [1.807, 2.05) is 30.3 Å². The van der Waals surface area contributed by atoms with Gasteiger partial charge in [-0.15, -0.1) is 0 Å². The molecule has 0 saturated carbocycles. The molecule has 0 bridgehead atoms. The maximum atomic E-state index is 12.1. The molecule has 0 atom stereocenters. The summed E-state index contributed by atoms with van der Waals surface area (Å²) in [6.45, 7) is 3.54. The van der Waals surface area contributed by atoms with Gasteiger partial charge in [0.05, 0.1) is 16.0 Å². The summed E-state index contributed by atoms with van der Waals surface area (Å²) in [6.07, 6.45) is 0. The summed E-state index contributed by atoms with van der Waals surface area (Å²) in [5, 5.41) is 14.0. The molecular weight excluding hydrogens is 268 g/mol. The molecule has 1 amide bonds. The molecule has 0 fully saturated rings. The summed E-state index contributed by atoms with van der Waals surface area (Å²) in [6, 6.07) is 12.3. The Bertz CT molecular complexity index is 752. The van der Waals surface area contributed by atoms with Gasteiger partial charge in [0.25, 0.3) is 5.69 Å². The first-order chi connectivity index (χ1) is 9.91. The zero-order chi connectivity index (χ0) is 15.2. The average Bonchev–Trinajstić information content (AvgIpc) is 2.69. The van der Waals surface area contributed by atoms with E-state index in [9.17, 15) is 14.9 Å². The Labute approximate surface area is 121 Å². The van der Waals surface area contributed by atoms with E-state index in [0.717, 1.165) is 5.56 Å². The van der Waals surface area contributed by atoms with Crippen molar-refractivity contribution in [2.75, 3.05) is 5.32 Å². The van der Waals surface area contributed by atoms with Crippen LogP contribution in [0.3, 0.4) is 0 Å². The van der Waals surface area contributed by atoms with Crippen molar-refractivity contribution in [2.24, 2.45) is 0 Å². The molecule has 1 aliphatic heterocycles. The van der Waals surface area contributed by atoms with Crippen LogP contribution < -0.4 is 5.32 Å². The molecule has 5 heteroatoms. The summed E-state index contributed by atoms with van der Waals surface area (Å²) in [7, 11) is 0. The van der Waals surface area contributed by atoms with Gasteiger partial charge in [0, 0.05) is 17.7 Å². The molecule has 1 aliphatic rings. The molecular formula is C16H14N2O3. The van der Waals surface area contributed by atoms with Crippen LogP contribution in [0.4, 0.5) is 11.4 Å². The minimum Gasteiger partial charge on any atom is -0.324 e. The summed E-state index contributed by atoms with van der Waals surface area (Å²) >= 11 is 0. The average molecular weight is 282 g/mol. The number of rotatable bonds is 2. The minimum atomic E-state index is -0.773. The summed E-state index contributed by atoms with van der Waals surface area (Å²) in [5.41, 5.74) is 2.08. The van der Waals surface area contributed by atoms with Gasteiger partial charge >= 0.3 is 0 Å². The number of amides is 1. The fourth-order valence-electron chi connectivity index (χ4n) is 2.60. The normalized spacial score (nSPS) is 15.4. The van der Waals surface area contributed by atoms with Gasteiger partial charge in [-0.2, -0.15) is 0 Å². The largest absolute Gasteiger partial charge is 0.324 e. The van der Waals surface area contributed by atoms with Crippen LogP contribution in [0.15, 0.2) is 42.5 Å². The van der Waals surface area contributed by atoms with Crippen LogP contribution in [-0.2, 0) is 10.2 Å². The predicted molar refractivity (Wildman–Crippen MR) is 80.2 cm³/mol. The van der Waals surface area contributed by atoms with Gasteiger partial charge in [0.1, 0.15) is 0 Å². The maximum Gasteiger partial charge on any atom is 0.270 e. The van der Waals surface area contributed by atoms with E-state index < -0.39 is 10.3 Å². The van der Waals surface area contributed by atoms with E-state index in [4.69, 9.17) is 0 Å². The number of nitrogens with one attached hydrogen (secondary N) is 1. The number of carbonyl (C=O) groups is 1. The second-order valence-corrected chi connectivity index (χ2v) is 5.62. The van der Waals surface area contributed by atoms with E-state index >= 15 is 0 Å².